The number of hydrogen-bond acceptors (Lipinski definition) is 5. The van der Waals surface area contributed by atoms with Gasteiger partial charge in [-0.25, -0.2) is 9.97 Å². The quantitative estimate of drug-likeness (QED) is 0.908. The van der Waals surface area contributed by atoms with E-state index in [-0.39, 0.29) is 5.91 Å². The van der Waals surface area contributed by atoms with E-state index in [1.807, 2.05) is 12.4 Å². The van der Waals surface area contributed by atoms with E-state index in [1.165, 1.54) is 0 Å². The van der Waals surface area contributed by atoms with Crippen LogP contribution in [0.15, 0.2) is 12.4 Å². The molecule has 3 heterocycles. The summed E-state index contributed by atoms with van der Waals surface area (Å²) >= 11 is 0. The Labute approximate surface area is 137 Å². The highest BCUT2D eigenvalue weighted by Gasteiger charge is 2.47. The number of amides is 1. The number of anilines is 1. The summed E-state index contributed by atoms with van der Waals surface area (Å²) in [7, 11) is 1.79. The van der Waals surface area contributed by atoms with Crippen LogP contribution in [0.25, 0.3) is 0 Å². The van der Waals surface area contributed by atoms with Crippen LogP contribution < -0.4 is 4.90 Å². The van der Waals surface area contributed by atoms with Crippen LogP contribution in [0.5, 0.6) is 0 Å². The SMILES string of the molecule is CCCc1cnc(N2CCC3(CC2)CC(O)CN(C)C3=O)nc1. The Hall–Kier alpha value is -1.69. The average Bonchev–Trinajstić information content (AvgIpc) is 2.54. The van der Waals surface area contributed by atoms with E-state index in [0.717, 1.165) is 50.3 Å². The average molecular weight is 318 g/mol. The molecular formula is C17H26N4O2. The summed E-state index contributed by atoms with van der Waals surface area (Å²) < 4.78 is 0. The first kappa shape index (κ1) is 16.2. The summed E-state index contributed by atoms with van der Waals surface area (Å²) in [5, 5.41) is 10.0. The number of aryl methyl sites for hydroxylation is 1. The van der Waals surface area contributed by atoms with Crippen molar-refractivity contribution in [3.8, 4) is 0 Å². The van der Waals surface area contributed by atoms with Crippen molar-refractivity contribution in [3.05, 3.63) is 18.0 Å². The number of β-amino-alcohol motifs (C(OH)–C–C–N with tert-alkyl or cyclic N) is 1. The Balaban J connectivity index is 1.67. The molecule has 6 nitrogen and oxygen atoms in total. The van der Waals surface area contributed by atoms with Gasteiger partial charge in [0, 0.05) is 39.1 Å². The summed E-state index contributed by atoms with van der Waals surface area (Å²) in [4.78, 5) is 25.3. The van der Waals surface area contributed by atoms with Crippen molar-refractivity contribution < 1.29 is 9.90 Å². The van der Waals surface area contributed by atoms with Crippen molar-refractivity contribution >= 4 is 11.9 Å². The van der Waals surface area contributed by atoms with E-state index >= 15 is 0 Å². The Morgan fingerprint density at radius 3 is 2.57 bits per heavy atom. The number of likely N-dealkylation sites (N-methyl/N-ethyl adjacent to an activating group) is 1. The predicted molar refractivity (Wildman–Crippen MR) is 88.2 cm³/mol. The zero-order valence-corrected chi connectivity index (χ0v) is 14.0. The van der Waals surface area contributed by atoms with Gasteiger partial charge >= 0.3 is 0 Å². The molecule has 1 amide bonds. The van der Waals surface area contributed by atoms with Crippen LogP contribution in [0.3, 0.4) is 0 Å². The van der Waals surface area contributed by atoms with Crippen LogP contribution >= 0.6 is 0 Å². The number of carbonyl (C=O) groups is 1. The summed E-state index contributed by atoms with van der Waals surface area (Å²) in [6.07, 6.45) is 7.59. The Kier molecular flexibility index (Phi) is 4.53. The van der Waals surface area contributed by atoms with Gasteiger partial charge in [-0.1, -0.05) is 13.3 Å². The molecule has 23 heavy (non-hydrogen) atoms. The molecule has 0 aliphatic carbocycles. The van der Waals surface area contributed by atoms with Crippen LogP contribution in [-0.4, -0.2) is 58.7 Å². The fourth-order valence-corrected chi connectivity index (χ4v) is 3.89. The first-order valence-electron chi connectivity index (χ1n) is 8.53. The summed E-state index contributed by atoms with van der Waals surface area (Å²) in [5.74, 6) is 0.929. The first-order chi connectivity index (χ1) is 11.0. The lowest BCUT2D eigenvalue weighted by atomic mass is 9.71. The minimum Gasteiger partial charge on any atom is -0.391 e. The van der Waals surface area contributed by atoms with E-state index in [2.05, 4.69) is 21.8 Å². The molecule has 3 rings (SSSR count). The van der Waals surface area contributed by atoms with E-state index in [9.17, 15) is 9.90 Å². The van der Waals surface area contributed by atoms with Gasteiger partial charge in [0.15, 0.2) is 0 Å². The number of likely N-dealkylation sites (tertiary alicyclic amines) is 1. The zero-order valence-electron chi connectivity index (χ0n) is 14.0. The van der Waals surface area contributed by atoms with E-state index < -0.39 is 11.5 Å². The third-order valence-corrected chi connectivity index (χ3v) is 5.15. The van der Waals surface area contributed by atoms with E-state index in [4.69, 9.17) is 0 Å². The summed E-state index contributed by atoms with van der Waals surface area (Å²) in [5.41, 5.74) is 0.766. The van der Waals surface area contributed by atoms with Gasteiger partial charge in [0.2, 0.25) is 11.9 Å². The lowest BCUT2D eigenvalue weighted by Crippen LogP contribution is -2.56. The lowest BCUT2D eigenvalue weighted by Gasteiger charge is -2.46. The van der Waals surface area contributed by atoms with Crippen molar-refractivity contribution in [2.24, 2.45) is 5.41 Å². The summed E-state index contributed by atoms with van der Waals surface area (Å²) in [6.45, 7) is 4.12. The van der Waals surface area contributed by atoms with Crippen molar-refractivity contribution in [1.82, 2.24) is 14.9 Å². The van der Waals surface area contributed by atoms with Crippen LogP contribution in [0.4, 0.5) is 5.95 Å². The fourth-order valence-electron chi connectivity index (χ4n) is 3.89. The molecule has 1 aromatic heterocycles. The van der Waals surface area contributed by atoms with Gasteiger partial charge in [-0.05, 0) is 31.2 Å². The largest absolute Gasteiger partial charge is 0.391 e. The molecule has 2 fully saturated rings. The molecular weight excluding hydrogens is 292 g/mol. The minimum atomic E-state index is -0.408. The van der Waals surface area contributed by atoms with Crippen molar-refractivity contribution in [3.63, 3.8) is 0 Å². The number of aliphatic hydroxyl groups excluding tert-OH is 1. The highest BCUT2D eigenvalue weighted by molar-refractivity contribution is 5.83. The second kappa shape index (κ2) is 6.43. The highest BCUT2D eigenvalue weighted by atomic mass is 16.3. The molecule has 2 aliphatic rings. The van der Waals surface area contributed by atoms with Gasteiger partial charge in [-0.2, -0.15) is 0 Å². The normalized spacial score (nSPS) is 24.3. The molecule has 0 aromatic carbocycles. The zero-order chi connectivity index (χ0) is 16.4. The van der Waals surface area contributed by atoms with Crippen LogP contribution in [-0.2, 0) is 11.2 Å². The minimum absolute atomic E-state index is 0.182. The van der Waals surface area contributed by atoms with Crippen LogP contribution in [0.1, 0.15) is 38.2 Å². The van der Waals surface area contributed by atoms with E-state index in [1.54, 1.807) is 11.9 Å². The monoisotopic (exact) mass is 318 g/mol. The molecule has 1 unspecified atom stereocenters. The number of piperidine rings is 2. The number of aliphatic hydroxyl groups is 1. The number of carbonyl (C=O) groups excluding carboxylic acids is 1. The van der Waals surface area contributed by atoms with E-state index in [0.29, 0.717) is 13.0 Å². The molecule has 6 heteroatoms. The third-order valence-electron chi connectivity index (χ3n) is 5.15. The standard InChI is InChI=1S/C17H26N4O2/c1-3-4-13-10-18-16(19-11-13)21-7-5-17(6-8-21)9-14(22)12-20(2)15(17)23/h10-11,14,22H,3-9,12H2,1-2H3. The van der Waals surface area contributed by atoms with Crippen LogP contribution in [0.2, 0.25) is 0 Å². The Morgan fingerprint density at radius 1 is 1.30 bits per heavy atom. The third kappa shape index (κ3) is 3.17. The topological polar surface area (TPSA) is 69.6 Å². The highest BCUT2D eigenvalue weighted by Crippen LogP contribution is 2.41. The van der Waals surface area contributed by atoms with Gasteiger partial charge in [0.05, 0.1) is 11.5 Å². The van der Waals surface area contributed by atoms with Gasteiger partial charge in [0.1, 0.15) is 0 Å². The number of hydrogen-bond donors (Lipinski definition) is 1. The molecule has 2 saturated heterocycles. The summed E-state index contributed by atoms with van der Waals surface area (Å²) in [6, 6.07) is 0. The predicted octanol–water partition coefficient (Wildman–Crippen LogP) is 1.24. The Morgan fingerprint density at radius 2 is 1.96 bits per heavy atom. The lowest BCUT2D eigenvalue weighted by molar-refractivity contribution is -0.152. The van der Waals surface area contributed by atoms with Crippen molar-refractivity contribution in [1.29, 1.82) is 0 Å². The molecule has 1 atom stereocenters. The van der Waals surface area contributed by atoms with Crippen molar-refractivity contribution in [2.75, 3.05) is 31.6 Å². The molecule has 0 saturated carbocycles. The van der Waals surface area contributed by atoms with Gasteiger partial charge in [0.25, 0.3) is 0 Å². The molecule has 1 N–H and O–H groups in total. The maximum Gasteiger partial charge on any atom is 0.228 e. The smallest absolute Gasteiger partial charge is 0.228 e. The Bertz CT molecular complexity index is 552. The first-order valence-corrected chi connectivity index (χ1v) is 8.53. The number of aromatic nitrogens is 2. The number of rotatable bonds is 3. The second-order valence-corrected chi connectivity index (χ2v) is 6.95. The fraction of sp³-hybridized carbons (Fsp3) is 0.706. The molecule has 0 bridgehead atoms. The van der Waals surface area contributed by atoms with Crippen LogP contribution in [0, 0.1) is 5.41 Å². The second-order valence-electron chi connectivity index (χ2n) is 6.95. The van der Waals surface area contributed by atoms with Gasteiger partial charge in [-0.15, -0.1) is 0 Å². The van der Waals surface area contributed by atoms with Gasteiger partial charge in [-0.3, -0.25) is 4.79 Å². The molecule has 0 radical (unpaired) electrons. The number of nitrogens with zero attached hydrogens (tertiary/aromatic N) is 4. The maximum absolute atomic E-state index is 12.6. The molecule has 2 aliphatic heterocycles. The molecule has 126 valence electrons. The molecule has 1 aromatic rings. The van der Waals surface area contributed by atoms with Crippen molar-refractivity contribution in [2.45, 2.75) is 45.1 Å². The van der Waals surface area contributed by atoms with Gasteiger partial charge < -0.3 is 14.9 Å². The molecule has 1 spiro atoms. The maximum atomic E-state index is 12.6.